The smallest absolute Gasteiger partial charge is 0.850 e. The Hall–Kier alpha value is 1.51. The molecule has 0 bridgehead atoms. The number of rotatable bonds is 2. The van der Waals surface area contributed by atoms with Gasteiger partial charge in [0.15, 0.2) is 8.32 Å². The quantitative estimate of drug-likeness (QED) is 0.395. The van der Waals surface area contributed by atoms with Crippen LogP contribution in [0.2, 0.25) is 26.2 Å². The fraction of sp³-hybridized carbons (Fsp3) is 1.00. The van der Waals surface area contributed by atoms with Crippen molar-refractivity contribution in [3.63, 3.8) is 0 Å². The summed E-state index contributed by atoms with van der Waals surface area (Å²) in [6.07, 6.45) is 0. The summed E-state index contributed by atoms with van der Waals surface area (Å²) >= 11 is 0. The van der Waals surface area contributed by atoms with Gasteiger partial charge in [-0.1, -0.05) is 6.55 Å². The molecule has 56 valence electrons. The van der Waals surface area contributed by atoms with Crippen molar-refractivity contribution in [2.24, 2.45) is 0 Å². The first kappa shape index (κ1) is 18.3. The maximum Gasteiger partial charge on any atom is 1.00 e. The Morgan fingerprint density at radius 3 is 1.18 bits per heavy atom. The van der Waals surface area contributed by atoms with E-state index in [1.807, 2.05) is 19.6 Å². The van der Waals surface area contributed by atoms with Crippen LogP contribution in [0.5, 0.6) is 0 Å². The van der Waals surface area contributed by atoms with Gasteiger partial charge in [0, 0.05) is 0 Å². The zero-order valence-electron chi connectivity index (χ0n) is 8.22. The van der Waals surface area contributed by atoms with Crippen LogP contribution in [0.25, 0.3) is 0 Å². The standard InChI is InChI=1S/C4H12O3Si2.2Li/c1-8(2,3)7-9(4,5)6;;/h1-4H3;;/q-2;2*+1. The second-order valence-corrected chi connectivity index (χ2v) is 9.84. The second-order valence-electron chi connectivity index (χ2n) is 3.08. The van der Waals surface area contributed by atoms with Gasteiger partial charge in [-0.25, -0.2) is 0 Å². The second kappa shape index (κ2) is 6.04. The largest absolute Gasteiger partial charge is 1.00 e. The summed E-state index contributed by atoms with van der Waals surface area (Å²) in [6.45, 7) is 6.65. The fourth-order valence-electron chi connectivity index (χ4n) is 0.556. The SMILES string of the molecule is C[Si](C)(C)O[Si](C)([O-])[O-].[Li+].[Li+]. The van der Waals surface area contributed by atoms with E-state index in [0.29, 0.717) is 0 Å². The molecule has 0 atom stereocenters. The summed E-state index contributed by atoms with van der Waals surface area (Å²) in [4.78, 5) is 21.0. The van der Waals surface area contributed by atoms with E-state index >= 15 is 0 Å². The van der Waals surface area contributed by atoms with Gasteiger partial charge in [-0.2, -0.15) is 0 Å². The molecule has 7 heteroatoms. The first-order valence-electron chi connectivity index (χ1n) is 2.82. The molecule has 0 rings (SSSR count). The van der Waals surface area contributed by atoms with E-state index in [0.717, 1.165) is 6.55 Å². The molecule has 0 saturated heterocycles. The monoisotopic (exact) mass is 178 g/mol. The van der Waals surface area contributed by atoms with Crippen molar-refractivity contribution in [3.05, 3.63) is 0 Å². The number of hydrogen-bond donors (Lipinski definition) is 0. The number of hydrogen-bond acceptors (Lipinski definition) is 3. The molecule has 3 nitrogen and oxygen atoms in total. The minimum absolute atomic E-state index is 0. The fourth-order valence-corrected chi connectivity index (χ4v) is 5.01. The molecule has 0 unspecified atom stereocenters. The third kappa shape index (κ3) is 18.5. The van der Waals surface area contributed by atoms with E-state index in [1.54, 1.807) is 0 Å². The average Bonchev–Trinajstić information content (AvgIpc) is 1.14. The molecule has 0 radical (unpaired) electrons. The van der Waals surface area contributed by atoms with Crippen LogP contribution in [-0.4, -0.2) is 17.1 Å². The third-order valence-corrected chi connectivity index (χ3v) is 4.42. The summed E-state index contributed by atoms with van der Waals surface area (Å²) in [5, 5.41) is 0. The molecule has 0 aromatic rings. The molecule has 0 aliphatic carbocycles. The Balaban J connectivity index is -0.000000320. The molecular weight excluding hydrogens is 166 g/mol. The molecule has 0 heterocycles. The summed E-state index contributed by atoms with van der Waals surface area (Å²) < 4.78 is 4.79. The van der Waals surface area contributed by atoms with E-state index in [-0.39, 0.29) is 37.7 Å². The molecule has 0 aromatic heterocycles. The summed E-state index contributed by atoms with van der Waals surface area (Å²) in [5.41, 5.74) is 0. The Kier molecular flexibility index (Phi) is 10.1. The van der Waals surface area contributed by atoms with Crippen LogP contribution in [0.1, 0.15) is 0 Å². The zero-order chi connectivity index (χ0) is 7.71. The molecule has 0 aliphatic rings. The van der Waals surface area contributed by atoms with E-state index in [4.69, 9.17) is 4.12 Å². The minimum Gasteiger partial charge on any atom is -0.850 e. The molecule has 0 aromatic carbocycles. The Morgan fingerprint density at radius 1 is 0.909 bits per heavy atom. The van der Waals surface area contributed by atoms with Gasteiger partial charge in [0.1, 0.15) is 0 Å². The van der Waals surface area contributed by atoms with Crippen LogP contribution in [0.3, 0.4) is 0 Å². The summed E-state index contributed by atoms with van der Waals surface area (Å²) in [5.74, 6) is 0. The Labute approximate surface area is 94.4 Å². The van der Waals surface area contributed by atoms with Gasteiger partial charge in [-0.3, -0.25) is 0 Å². The topological polar surface area (TPSA) is 55.3 Å². The van der Waals surface area contributed by atoms with Crippen molar-refractivity contribution in [1.29, 1.82) is 0 Å². The van der Waals surface area contributed by atoms with Crippen molar-refractivity contribution < 1.29 is 51.4 Å². The van der Waals surface area contributed by atoms with Gasteiger partial charge in [0.2, 0.25) is 0 Å². The van der Waals surface area contributed by atoms with Crippen LogP contribution in [0.4, 0.5) is 0 Å². The third-order valence-electron chi connectivity index (χ3n) is 0.492. The van der Waals surface area contributed by atoms with Gasteiger partial charge in [0.05, 0.1) is 0 Å². The van der Waals surface area contributed by atoms with Crippen LogP contribution in [0.15, 0.2) is 0 Å². The first-order chi connectivity index (χ1) is 3.71. The van der Waals surface area contributed by atoms with Crippen LogP contribution in [0, 0.1) is 0 Å². The zero-order valence-corrected chi connectivity index (χ0v) is 10.2. The van der Waals surface area contributed by atoms with E-state index in [2.05, 4.69) is 0 Å². The Bertz CT molecular complexity index is 86.5. The molecule has 0 spiro atoms. The molecule has 11 heavy (non-hydrogen) atoms. The molecule has 0 saturated carbocycles. The van der Waals surface area contributed by atoms with E-state index in [1.165, 1.54) is 0 Å². The molecule has 0 fully saturated rings. The molecule has 0 amide bonds. The first-order valence-corrected chi connectivity index (χ1v) is 8.45. The van der Waals surface area contributed by atoms with Crippen molar-refractivity contribution >= 4 is 17.1 Å². The van der Waals surface area contributed by atoms with Gasteiger partial charge in [0.25, 0.3) is 0 Å². The van der Waals surface area contributed by atoms with Crippen molar-refractivity contribution in [2.45, 2.75) is 26.2 Å². The van der Waals surface area contributed by atoms with Crippen molar-refractivity contribution in [2.75, 3.05) is 0 Å². The summed E-state index contributed by atoms with van der Waals surface area (Å²) in [6, 6.07) is 0. The predicted octanol–water partition coefficient (Wildman–Crippen LogP) is -6.86. The van der Waals surface area contributed by atoms with Gasteiger partial charge in [-0.15, -0.1) is 0 Å². The summed E-state index contributed by atoms with van der Waals surface area (Å²) in [7, 11) is -5.59. The predicted molar refractivity (Wildman–Crippen MR) is 36.0 cm³/mol. The van der Waals surface area contributed by atoms with Crippen LogP contribution >= 0.6 is 0 Å². The van der Waals surface area contributed by atoms with Gasteiger partial charge >= 0.3 is 37.7 Å². The molecule has 0 aliphatic heterocycles. The van der Waals surface area contributed by atoms with Crippen LogP contribution in [-0.2, 0) is 4.12 Å². The van der Waals surface area contributed by atoms with Gasteiger partial charge < -0.3 is 13.7 Å². The normalized spacial score (nSPS) is 11.5. The maximum atomic E-state index is 10.5. The minimum atomic E-state index is -3.73. The molecule has 0 N–H and O–H groups in total. The van der Waals surface area contributed by atoms with Crippen LogP contribution < -0.4 is 47.3 Å². The molecular formula is C4H12Li2O3Si2. The van der Waals surface area contributed by atoms with Crippen molar-refractivity contribution in [3.8, 4) is 0 Å². The Morgan fingerprint density at radius 2 is 1.18 bits per heavy atom. The van der Waals surface area contributed by atoms with Gasteiger partial charge in [-0.05, 0) is 28.4 Å². The van der Waals surface area contributed by atoms with E-state index < -0.39 is 17.1 Å². The van der Waals surface area contributed by atoms with E-state index in [9.17, 15) is 9.59 Å². The average molecular weight is 178 g/mol. The maximum absolute atomic E-state index is 10.5. The van der Waals surface area contributed by atoms with Crippen molar-refractivity contribution in [1.82, 2.24) is 0 Å².